The zero-order valence-electron chi connectivity index (χ0n) is 12.8. The van der Waals surface area contributed by atoms with Crippen LogP contribution in [0.25, 0.3) is 6.08 Å². The number of aryl methyl sites for hydroxylation is 2. The lowest BCUT2D eigenvalue weighted by molar-refractivity contribution is 0.249. The maximum Gasteiger partial charge on any atom is 0.325 e. The minimum atomic E-state index is -0.0736. The van der Waals surface area contributed by atoms with E-state index in [2.05, 4.69) is 30.4 Å². The largest absolute Gasteiger partial charge is 0.325 e. The van der Waals surface area contributed by atoms with Gasteiger partial charge in [-0.15, -0.1) is 0 Å². The number of hydrogen-bond donors (Lipinski definition) is 1. The molecular formula is C19H20N2O. The van der Waals surface area contributed by atoms with Crippen molar-refractivity contribution in [3.8, 4) is 0 Å². The summed E-state index contributed by atoms with van der Waals surface area (Å²) < 4.78 is 0. The first-order chi connectivity index (χ1) is 10.7. The molecule has 1 aliphatic heterocycles. The first-order valence-electron chi connectivity index (χ1n) is 7.63. The number of nitrogens with one attached hydrogen (secondary N) is 1. The summed E-state index contributed by atoms with van der Waals surface area (Å²) in [6, 6.07) is 16.2. The van der Waals surface area contributed by atoms with Crippen molar-refractivity contribution in [3.05, 3.63) is 71.4 Å². The van der Waals surface area contributed by atoms with Crippen LogP contribution in [0.2, 0.25) is 0 Å². The van der Waals surface area contributed by atoms with Crippen molar-refractivity contribution in [1.82, 2.24) is 5.32 Å². The molecule has 3 nitrogen and oxygen atoms in total. The molecule has 1 N–H and O–H groups in total. The molecule has 0 bridgehead atoms. The molecule has 0 saturated heterocycles. The summed E-state index contributed by atoms with van der Waals surface area (Å²) in [6.07, 6.45) is 5.67. The standard InChI is InChI=1S/C19H20N2O/c1-15-8-10-16(11-9-15)12-13-20-19(22)21-14-4-6-17-5-2-3-7-18(17)21/h2-3,5,7-13H,4,6,14H2,1H3,(H,20,22)/b13-12+. The summed E-state index contributed by atoms with van der Waals surface area (Å²) in [5, 5.41) is 2.86. The third kappa shape index (κ3) is 3.19. The van der Waals surface area contributed by atoms with E-state index in [9.17, 15) is 4.79 Å². The van der Waals surface area contributed by atoms with Gasteiger partial charge in [0.05, 0.1) is 0 Å². The van der Waals surface area contributed by atoms with Gasteiger partial charge in [0.1, 0.15) is 0 Å². The van der Waals surface area contributed by atoms with Crippen LogP contribution in [0.3, 0.4) is 0 Å². The van der Waals surface area contributed by atoms with Crippen molar-refractivity contribution >= 4 is 17.8 Å². The van der Waals surface area contributed by atoms with Crippen molar-refractivity contribution in [3.63, 3.8) is 0 Å². The number of urea groups is 1. The summed E-state index contributed by atoms with van der Waals surface area (Å²) in [7, 11) is 0. The topological polar surface area (TPSA) is 32.3 Å². The molecule has 3 rings (SSSR count). The SMILES string of the molecule is Cc1ccc(/C=C/NC(=O)N2CCCc3ccccc32)cc1. The molecule has 1 aliphatic rings. The zero-order valence-corrected chi connectivity index (χ0v) is 12.8. The maximum atomic E-state index is 12.4. The molecule has 3 heteroatoms. The van der Waals surface area contributed by atoms with Crippen molar-refractivity contribution < 1.29 is 4.79 Å². The van der Waals surface area contributed by atoms with E-state index in [0.717, 1.165) is 30.6 Å². The van der Waals surface area contributed by atoms with E-state index >= 15 is 0 Å². The number of fused-ring (bicyclic) bond motifs is 1. The average Bonchev–Trinajstić information content (AvgIpc) is 2.56. The van der Waals surface area contributed by atoms with Gasteiger partial charge < -0.3 is 5.32 Å². The van der Waals surface area contributed by atoms with Crippen LogP contribution in [-0.4, -0.2) is 12.6 Å². The van der Waals surface area contributed by atoms with Crippen LogP contribution in [0.1, 0.15) is 23.1 Å². The van der Waals surface area contributed by atoms with Gasteiger partial charge in [-0.2, -0.15) is 0 Å². The molecule has 2 aromatic rings. The molecule has 112 valence electrons. The van der Waals surface area contributed by atoms with Crippen LogP contribution in [0, 0.1) is 6.92 Å². The Morgan fingerprint density at radius 2 is 1.91 bits per heavy atom. The van der Waals surface area contributed by atoms with Gasteiger partial charge in [0.25, 0.3) is 0 Å². The lowest BCUT2D eigenvalue weighted by Gasteiger charge is -2.28. The quantitative estimate of drug-likeness (QED) is 0.887. The minimum absolute atomic E-state index is 0.0736. The lowest BCUT2D eigenvalue weighted by atomic mass is 10.0. The molecule has 0 saturated carbocycles. The van der Waals surface area contributed by atoms with Crippen LogP contribution < -0.4 is 10.2 Å². The number of carbonyl (C=O) groups is 1. The van der Waals surface area contributed by atoms with Gasteiger partial charge in [0.2, 0.25) is 0 Å². The normalized spacial score (nSPS) is 14.0. The highest BCUT2D eigenvalue weighted by Crippen LogP contribution is 2.26. The van der Waals surface area contributed by atoms with E-state index in [4.69, 9.17) is 0 Å². The Morgan fingerprint density at radius 3 is 2.73 bits per heavy atom. The van der Waals surface area contributed by atoms with Gasteiger partial charge in [-0.05, 0) is 43.0 Å². The van der Waals surface area contributed by atoms with Crippen LogP contribution in [0.4, 0.5) is 10.5 Å². The molecule has 0 spiro atoms. The van der Waals surface area contributed by atoms with Gasteiger partial charge in [0.15, 0.2) is 0 Å². The summed E-state index contributed by atoms with van der Waals surface area (Å²) in [5.41, 5.74) is 4.57. The number of anilines is 1. The van der Waals surface area contributed by atoms with E-state index < -0.39 is 0 Å². The number of amides is 2. The van der Waals surface area contributed by atoms with Crippen molar-refractivity contribution in [2.24, 2.45) is 0 Å². The molecule has 0 aliphatic carbocycles. The fraction of sp³-hybridized carbons (Fsp3) is 0.211. The smallest absolute Gasteiger partial charge is 0.314 e. The van der Waals surface area contributed by atoms with Crippen molar-refractivity contribution in [1.29, 1.82) is 0 Å². The van der Waals surface area contributed by atoms with Gasteiger partial charge in [-0.3, -0.25) is 4.90 Å². The number of hydrogen-bond acceptors (Lipinski definition) is 1. The third-order valence-corrected chi connectivity index (χ3v) is 3.92. The summed E-state index contributed by atoms with van der Waals surface area (Å²) in [6.45, 7) is 2.82. The maximum absolute atomic E-state index is 12.4. The second-order valence-electron chi connectivity index (χ2n) is 5.58. The van der Waals surface area contributed by atoms with Gasteiger partial charge in [0, 0.05) is 18.4 Å². The molecule has 1 heterocycles. The van der Waals surface area contributed by atoms with Crippen molar-refractivity contribution in [2.75, 3.05) is 11.4 Å². The first-order valence-corrected chi connectivity index (χ1v) is 7.63. The van der Waals surface area contributed by atoms with E-state index in [0.29, 0.717) is 0 Å². The second kappa shape index (κ2) is 6.48. The molecule has 0 unspecified atom stereocenters. The highest BCUT2D eigenvalue weighted by Gasteiger charge is 2.21. The van der Waals surface area contributed by atoms with Gasteiger partial charge in [-0.1, -0.05) is 48.0 Å². The number of rotatable bonds is 2. The Labute approximate surface area is 131 Å². The monoisotopic (exact) mass is 292 g/mol. The van der Waals surface area contributed by atoms with Gasteiger partial charge >= 0.3 is 6.03 Å². The van der Waals surface area contributed by atoms with Gasteiger partial charge in [-0.25, -0.2) is 4.79 Å². The zero-order chi connectivity index (χ0) is 15.4. The number of carbonyl (C=O) groups excluding carboxylic acids is 1. The Hall–Kier alpha value is -2.55. The van der Waals surface area contributed by atoms with Crippen LogP contribution in [-0.2, 0) is 6.42 Å². The molecule has 22 heavy (non-hydrogen) atoms. The molecule has 0 radical (unpaired) electrons. The molecule has 2 amide bonds. The Balaban J connectivity index is 1.67. The van der Waals surface area contributed by atoms with E-state index in [1.54, 1.807) is 6.20 Å². The Morgan fingerprint density at radius 1 is 1.14 bits per heavy atom. The second-order valence-corrected chi connectivity index (χ2v) is 5.58. The fourth-order valence-corrected chi connectivity index (χ4v) is 2.71. The van der Waals surface area contributed by atoms with E-state index in [1.807, 2.05) is 41.3 Å². The third-order valence-electron chi connectivity index (χ3n) is 3.92. The number of nitrogens with zero attached hydrogens (tertiary/aromatic N) is 1. The molecule has 2 aromatic carbocycles. The predicted molar refractivity (Wildman–Crippen MR) is 90.9 cm³/mol. The van der Waals surface area contributed by atoms with Crippen LogP contribution >= 0.6 is 0 Å². The fourth-order valence-electron chi connectivity index (χ4n) is 2.71. The molecule has 0 atom stereocenters. The highest BCUT2D eigenvalue weighted by molar-refractivity contribution is 5.94. The Bertz CT molecular complexity index is 689. The number of para-hydroxylation sites is 1. The summed E-state index contributed by atoms with van der Waals surface area (Å²) in [5.74, 6) is 0. The lowest BCUT2D eigenvalue weighted by Crippen LogP contribution is -2.40. The summed E-state index contributed by atoms with van der Waals surface area (Å²) in [4.78, 5) is 14.2. The minimum Gasteiger partial charge on any atom is -0.314 e. The van der Waals surface area contributed by atoms with Crippen molar-refractivity contribution in [2.45, 2.75) is 19.8 Å². The first kappa shape index (κ1) is 14.4. The summed E-state index contributed by atoms with van der Waals surface area (Å²) >= 11 is 0. The average molecular weight is 292 g/mol. The molecule has 0 aromatic heterocycles. The van der Waals surface area contributed by atoms with Crippen LogP contribution in [0.15, 0.2) is 54.7 Å². The van der Waals surface area contributed by atoms with Crippen LogP contribution in [0.5, 0.6) is 0 Å². The molecule has 0 fully saturated rings. The number of benzene rings is 2. The Kier molecular flexibility index (Phi) is 4.24. The predicted octanol–water partition coefficient (Wildman–Crippen LogP) is 4.13. The van der Waals surface area contributed by atoms with E-state index in [1.165, 1.54) is 11.1 Å². The highest BCUT2D eigenvalue weighted by atomic mass is 16.2. The molecular weight excluding hydrogens is 272 g/mol. The van der Waals surface area contributed by atoms with E-state index in [-0.39, 0.29) is 6.03 Å².